The lowest BCUT2D eigenvalue weighted by Crippen LogP contribution is -2.31. The van der Waals surface area contributed by atoms with E-state index in [4.69, 9.17) is 23.7 Å². The largest absolute Gasteiger partial charge is 0.379 e. The van der Waals surface area contributed by atoms with Crippen LogP contribution in [0.3, 0.4) is 0 Å². The van der Waals surface area contributed by atoms with Crippen LogP contribution in [0.5, 0.6) is 0 Å². The fourth-order valence-corrected chi connectivity index (χ4v) is 1.89. The van der Waals surface area contributed by atoms with Gasteiger partial charge in [-0.2, -0.15) is 0 Å². The van der Waals surface area contributed by atoms with Gasteiger partial charge in [0.1, 0.15) is 6.61 Å². The maximum absolute atomic E-state index is 11.6. The zero-order valence-corrected chi connectivity index (χ0v) is 18.9. The van der Waals surface area contributed by atoms with Gasteiger partial charge in [-0.3, -0.25) is 4.79 Å². The zero-order valence-electron chi connectivity index (χ0n) is 18.9. The van der Waals surface area contributed by atoms with Gasteiger partial charge in [-0.1, -0.05) is 41.5 Å². The molecule has 0 saturated heterocycles. The summed E-state index contributed by atoms with van der Waals surface area (Å²) in [7, 11) is 0. The van der Waals surface area contributed by atoms with Gasteiger partial charge in [-0.25, -0.2) is 0 Å². The number of amides is 1. The fraction of sp³-hybridized carbons (Fsp3) is 0.952. The number of ether oxygens (including phenoxy) is 5. The Morgan fingerprint density at radius 3 is 1.71 bits per heavy atom. The lowest BCUT2D eigenvalue weighted by molar-refractivity contribution is -0.126. The predicted molar refractivity (Wildman–Crippen MR) is 111 cm³/mol. The molecule has 0 atom stereocenters. The third kappa shape index (κ3) is 23.3. The van der Waals surface area contributed by atoms with E-state index in [1.54, 1.807) is 0 Å². The van der Waals surface area contributed by atoms with Crippen LogP contribution in [0, 0.1) is 10.8 Å². The minimum absolute atomic E-state index is 0.0276. The first-order valence-corrected chi connectivity index (χ1v) is 10.3. The Morgan fingerprint density at radius 2 is 1.14 bits per heavy atom. The topological polar surface area (TPSA) is 75.3 Å². The number of nitrogens with one attached hydrogen (secondary N) is 1. The van der Waals surface area contributed by atoms with E-state index in [0.717, 1.165) is 13.0 Å². The van der Waals surface area contributed by atoms with Gasteiger partial charge in [0.25, 0.3) is 0 Å². The third-order valence-corrected chi connectivity index (χ3v) is 3.45. The molecule has 28 heavy (non-hydrogen) atoms. The minimum atomic E-state index is -0.154. The zero-order chi connectivity index (χ0) is 21.3. The molecule has 7 nitrogen and oxygen atoms in total. The van der Waals surface area contributed by atoms with Crippen molar-refractivity contribution in [2.75, 3.05) is 72.6 Å². The smallest absolute Gasteiger partial charge is 0.246 e. The maximum atomic E-state index is 11.6. The van der Waals surface area contributed by atoms with Crippen LogP contribution >= 0.6 is 0 Å². The first-order valence-electron chi connectivity index (χ1n) is 10.3. The van der Waals surface area contributed by atoms with E-state index in [1.165, 1.54) is 0 Å². The number of carbonyl (C=O) groups is 1. The number of hydrogen-bond acceptors (Lipinski definition) is 6. The second-order valence-corrected chi connectivity index (χ2v) is 9.16. The highest BCUT2D eigenvalue weighted by atomic mass is 16.5. The molecule has 0 aromatic carbocycles. The molecule has 0 aliphatic rings. The fourth-order valence-electron chi connectivity index (χ4n) is 1.89. The summed E-state index contributed by atoms with van der Waals surface area (Å²) in [5.41, 5.74) is 0.460. The van der Waals surface area contributed by atoms with Crippen LogP contribution in [0.1, 0.15) is 48.0 Å². The van der Waals surface area contributed by atoms with Crippen LogP contribution in [0.25, 0.3) is 0 Å². The van der Waals surface area contributed by atoms with E-state index in [2.05, 4.69) is 46.9 Å². The van der Waals surface area contributed by atoms with Gasteiger partial charge in [0, 0.05) is 13.2 Å². The molecular weight excluding hydrogens is 362 g/mol. The third-order valence-electron chi connectivity index (χ3n) is 3.45. The molecule has 0 unspecified atom stereocenters. The molecule has 0 aromatic rings. The SMILES string of the molecule is CC(C)(C)CCOCCOCCNC(=O)COCCOCCOCC(C)(C)C. The second-order valence-electron chi connectivity index (χ2n) is 9.16. The molecule has 0 saturated carbocycles. The van der Waals surface area contributed by atoms with E-state index in [-0.39, 0.29) is 17.9 Å². The van der Waals surface area contributed by atoms with Crippen molar-refractivity contribution < 1.29 is 28.5 Å². The summed E-state index contributed by atoms with van der Waals surface area (Å²) in [6.07, 6.45) is 1.03. The number of rotatable bonds is 17. The Morgan fingerprint density at radius 1 is 0.643 bits per heavy atom. The summed E-state index contributed by atoms with van der Waals surface area (Å²) in [5.74, 6) is -0.154. The summed E-state index contributed by atoms with van der Waals surface area (Å²) in [4.78, 5) is 11.6. The first kappa shape index (κ1) is 27.3. The second kappa shape index (κ2) is 16.1. The van der Waals surface area contributed by atoms with Gasteiger partial charge in [0.15, 0.2) is 0 Å². The van der Waals surface area contributed by atoms with Crippen molar-refractivity contribution in [2.24, 2.45) is 10.8 Å². The summed E-state index contributed by atoms with van der Waals surface area (Å²) in [5, 5.41) is 2.75. The summed E-state index contributed by atoms with van der Waals surface area (Å²) < 4.78 is 27.1. The van der Waals surface area contributed by atoms with Crippen molar-refractivity contribution in [3.8, 4) is 0 Å². The van der Waals surface area contributed by atoms with Crippen LogP contribution in [0.2, 0.25) is 0 Å². The number of hydrogen-bond donors (Lipinski definition) is 1. The van der Waals surface area contributed by atoms with Crippen LogP contribution in [0.15, 0.2) is 0 Å². The highest BCUT2D eigenvalue weighted by Gasteiger charge is 2.10. The molecular formula is C21H43NO6. The molecule has 0 aromatic heterocycles. The van der Waals surface area contributed by atoms with Crippen molar-refractivity contribution in [2.45, 2.75) is 48.0 Å². The van der Waals surface area contributed by atoms with Gasteiger partial charge in [0.2, 0.25) is 5.91 Å². The Hall–Kier alpha value is -0.730. The van der Waals surface area contributed by atoms with E-state index >= 15 is 0 Å². The average molecular weight is 406 g/mol. The molecule has 0 spiro atoms. The Kier molecular flexibility index (Phi) is 15.7. The molecule has 7 heteroatoms. The van der Waals surface area contributed by atoms with Crippen molar-refractivity contribution in [3.05, 3.63) is 0 Å². The van der Waals surface area contributed by atoms with E-state index in [1.807, 2.05) is 0 Å². The van der Waals surface area contributed by atoms with Gasteiger partial charge in [0.05, 0.1) is 52.9 Å². The Bertz CT molecular complexity index is 342. The quantitative estimate of drug-likeness (QED) is 0.375. The Labute approximate surface area is 171 Å². The van der Waals surface area contributed by atoms with Crippen molar-refractivity contribution in [3.63, 3.8) is 0 Å². The van der Waals surface area contributed by atoms with Gasteiger partial charge < -0.3 is 29.0 Å². The summed E-state index contributed by atoms with van der Waals surface area (Å²) in [6.45, 7) is 18.4. The molecule has 0 fully saturated rings. The molecule has 0 heterocycles. The summed E-state index contributed by atoms with van der Waals surface area (Å²) >= 11 is 0. The molecule has 0 aliphatic carbocycles. The predicted octanol–water partition coefficient (Wildman–Crippen LogP) is 2.67. The molecule has 0 bridgehead atoms. The van der Waals surface area contributed by atoms with E-state index in [0.29, 0.717) is 64.8 Å². The van der Waals surface area contributed by atoms with Crippen molar-refractivity contribution >= 4 is 5.91 Å². The van der Waals surface area contributed by atoms with Gasteiger partial charge in [-0.15, -0.1) is 0 Å². The lowest BCUT2D eigenvalue weighted by Gasteiger charge is -2.17. The van der Waals surface area contributed by atoms with Gasteiger partial charge in [-0.05, 0) is 17.3 Å². The average Bonchev–Trinajstić information content (AvgIpc) is 2.57. The van der Waals surface area contributed by atoms with Crippen LogP contribution in [-0.4, -0.2) is 78.5 Å². The number of carbonyl (C=O) groups excluding carboxylic acids is 1. The molecule has 1 amide bonds. The standard InChI is InChI=1S/C21H43NO6/c1-20(2,3)7-9-24-11-12-25-10-8-22-19(23)17-27-15-13-26-14-16-28-18-21(4,5)6/h7-18H2,1-6H3,(H,22,23). The van der Waals surface area contributed by atoms with E-state index < -0.39 is 0 Å². The van der Waals surface area contributed by atoms with Crippen LogP contribution < -0.4 is 5.32 Å². The molecule has 0 aliphatic heterocycles. The van der Waals surface area contributed by atoms with Gasteiger partial charge >= 0.3 is 0 Å². The lowest BCUT2D eigenvalue weighted by atomic mass is 9.93. The maximum Gasteiger partial charge on any atom is 0.246 e. The highest BCUT2D eigenvalue weighted by molar-refractivity contribution is 5.77. The minimum Gasteiger partial charge on any atom is -0.379 e. The van der Waals surface area contributed by atoms with Crippen molar-refractivity contribution in [1.29, 1.82) is 0 Å². The first-order chi connectivity index (χ1) is 13.1. The molecule has 1 N–H and O–H groups in total. The monoisotopic (exact) mass is 405 g/mol. The normalized spacial score (nSPS) is 12.4. The molecule has 168 valence electrons. The van der Waals surface area contributed by atoms with Crippen LogP contribution in [-0.2, 0) is 28.5 Å². The Balaban J connectivity index is 3.26. The van der Waals surface area contributed by atoms with E-state index in [9.17, 15) is 4.79 Å². The van der Waals surface area contributed by atoms with Crippen LogP contribution in [0.4, 0.5) is 0 Å². The molecule has 0 rings (SSSR count). The summed E-state index contributed by atoms with van der Waals surface area (Å²) in [6, 6.07) is 0. The highest BCUT2D eigenvalue weighted by Crippen LogP contribution is 2.17. The molecule has 0 radical (unpaired) electrons. The van der Waals surface area contributed by atoms with Crippen molar-refractivity contribution in [1.82, 2.24) is 5.32 Å².